The van der Waals surface area contributed by atoms with Crippen molar-refractivity contribution in [2.45, 2.75) is 18.7 Å². The van der Waals surface area contributed by atoms with Gasteiger partial charge in [-0.25, -0.2) is 8.42 Å². The van der Waals surface area contributed by atoms with Crippen LogP contribution in [0.2, 0.25) is 0 Å². The molecular weight excluding hydrogens is 334 g/mol. The topological polar surface area (TPSA) is 63.7 Å². The Morgan fingerprint density at radius 2 is 1.95 bits per heavy atom. The minimum Gasteiger partial charge on any atom is -0.465 e. The highest BCUT2D eigenvalue weighted by molar-refractivity contribution is 9.10. The first-order valence-corrected chi connectivity index (χ1v) is 8.07. The maximum atomic E-state index is 12.4. The first kappa shape index (κ1) is 16.1. The van der Waals surface area contributed by atoms with Gasteiger partial charge in [0, 0.05) is 11.0 Å². The van der Waals surface area contributed by atoms with Gasteiger partial charge in [-0.05, 0) is 35.0 Å². The van der Waals surface area contributed by atoms with E-state index in [1.54, 1.807) is 32.0 Å². The van der Waals surface area contributed by atoms with Crippen LogP contribution in [0.15, 0.2) is 33.6 Å². The largest absolute Gasteiger partial charge is 0.465 e. The van der Waals surface area contributed by atoms with Crippen LogP contribution in [0.5, 0.6) is 0 Å². The van der Waals surface area contributed by atoms with Crippen LogP contribution in [-0.4, -0.2) is 38.4 Å². The van der Waals surface area contributed by atoms with Crippen LogP contribution < -0.4 is 0 Å². The van der Waals surface area contributed by atoms with Crippen LogP contribution in [0.3, 0.4) is 0 Å². The average molecular weight is 350 g/mol. The lowest BCUT2D eigenvalue weighted by Gasteiger charge is -2.20. The highest BCUT2D eigenvalue weighted by atomic mass is 79.9. The Hall–Kier alpha value is -0.920. The number of benzene rings is 1. The van der Waals surface area contributed by atoms with Gasteiger partial charge in [-0.3, -0.25) is 4.79 Å². The van der Waals surface area contributed by atoms with Crippen molar-refractivity contribution in [1.82, 2.24) is 4.31 Å². The minimum absolute atomic E-state index is 0.140. The molecule has 19 heavy (non-hydrogen) atoms. The van der Waals surface area contributed by atoms with E-state index in [9.17, 15) is 13.2 Å². The number of carbonyl (C=O) groups is 1. The lowest BCUT2D eigenvalue weighted by atomic mass is 10.4. The Morgan fingerprint density at radius 3 is 2.47 bits per heavy atom. The number of hydrogen-bond acceptors (Lipinski definition) is 4. The Balaban J connectivity index is 3.03. The van der Waals surface area contributed by atoms with E-state index in [2.05, 4.69) is 15.9 Å². The van der Waals surface area contributed by atoms with Gasteiger partial charge in [-0.1, -0.05) is 19.1 Å². The third-order valence-corrected chi connectivity index (χ3v) is 5.35. The molecule has 0 atom stereocenters. The second-order valence-corrected chi connectivity index (χ2v) is 6.43. The predicted octanol–water partition coefficient (Wildman–Crippen LogP) is 2.02. The maximum absolute atomic E-state index is 12.4. The number of hydrogen-bond donors (Lipinski definition) is 0. The molecule has 0 aliphatic heterocycles. The lowest BCUT2D eigenvalue weighted by molar-refractivity contribution is -0.143. The van der Waals surface area contributed by atoms with E-state index in [1.807, 2.05) is 0 Å². The molecule has 0 aliphatic carbocycles. The molecule has 0 unspecified atom stereocenters. The molecule has 0 heterocycles. The van der Waals surface area contributed by atoms with E-state index in [0.717, 1.165) is 4.31 Å². The number of carbonyl (C=O) groups excluding carboxylic acids is 1. The molecule has 0 fully saturated rings. The van der Waals surface area contributed by atoms with E-state index < -0.39 is 16.0 Å². The van der Waals surface area contributed by atoms with Gasteiger partial charge in [0.2, 0.25) is 10.0 Å². The van der Waals surface area contributed by atoms with Gasteiger partial charge in [0.15, 0.2) is 0 Å². The monoisotopic (exact) mass is 349 g/mol. The van der Waals surface area contributed by atoms with Crippen LogP contribution in [-0.2, 0) is 19.6 Å². The molecule has 0 bridgehead atoms. The first-order valence-electron chi connectivity index (χ1n) is 5.83. The molecular formula is C12H16BrNO4S. The van der Waals surface area contributed by atoms with E-state index in [-0.39, 0.29) is 24.6 Å². The van der Waals surface area contributed by atoms with E-state index in [1.165, 1.54) is 6.07 Å². The number of halogens is 1. The highest BCUT2D eigenvalue weighted by Gasteiger charge is 2.27. The van der Waals surface area contributed by atoms with Crippen LogP contribution in [0.4, 0.5) is 0 Å². The summed E-state index contributed by atoms with van der Waals surface area (Å²) in [5.41, 5.74) is 0. The zero-order valence-electron chi connectivity index (χ0n) is 10.8. The van der Waals surface area contributed by atoms with Crippen molar-refractivity contribution in [2.75, 3.05) is 19.7 Å². The third kappa shape index (κ3) is 4.02. The zero-order valence-corrected chi connectivity index (χ0v) is 13.2. The fourth-order valence-corrected chi connectivity index (χ4v) is 3.87. The van der Waals surface area contributed by atoms with Crippen molar-refractivity contribution >= 4 is 31.9 Å². The quantitative estimate of drug-likeness (QED) is 0.737. The van der Waals surface area contributed by atoms with Crippen molar-refractivity contribution in [2.24, 2.45) is 0 Å². The zero-order chi connectivity index (χ0) is 14.5. The molecule has 0 spiro atoms. The van der Waals surface area contributed by atoms with Crippen LogP contribution >= 0.6 is 15.9 Å². The number of ether oxygens (including phenoxy) is 1. The maximum Gasteiger partial charge on any atom is 0.321 e. The Kier molecular flexibility index (Phi) is 5.96. The smallest absolute Gasteiger partial charge is 0.321 e. The number of nitrogens with zero attached hydrogens (tertiary/aromatic N) is 1. The third-order valence-electron chi connectivity index (χ3n) is 2.42. The highest BCUT2D eigenvalue weighted by Crippen LogP contribution is 2.24. The van der Waals surface area contributed by atoms with Crippen molar-refractivity contribution in [3.63, 3.8) is 0 Å². The Bertz CT molecular complexity index is 544. The normalized spacial score (nSPS) is 11.6. The van der Waals surface area contributed by atoms with E-state index in [4.69, 9.17) is 4.74 Å². The number of esters is 1. The van der Waals surface area contributed by atoms with Crippen LogP contribution in [0.25, 0.3) is 0 Å². The SMILES string of the molecule is CCOC(=O)CN(CC)S(=O)(=O)c1ccccc1Br. The summed E-state index contributed by atoms with van der Waals surface area (Å²) in [6, 6.07) is 6.50. The number of rotatable bonds is 6. The standard InChI is InChI=1S/C12H16BrNO4S/c1-3-14(9-12(15)18-4-2)19(16,17)11-8-6-5-7-10(11)13/h5-8H,3-4,9H2,1-2H3. The molecule has 7 heteroatoms. The fraction of sp³-hybridized carbons (Fsp3) is 0.417. The Morgan fingerprint density at radius 1 is 1.32 bits per heavy atom. The lowest BCUT2D eigenvalue weighted by Crippen LogP contribution is -2.36. The number of sulfonamides is 1. The molecule has 0 saturated carbocycles. The Labute approximate surface area is 121 Å². The molecule has 0 amide bonds. The van der Waals surface area contributed by atoms with Gasteiger partial charge in [0.1, 0.15) is 6.54 Å². The van der Waals surface area contributed by atoms with Gasteiger partial charge in [0.05, 0.1) is 11.5 Å². The van der Waals surface area contributed by atoms with E-state index >= 15 is 0 Å². The van der Waals surface area contributed by atoms with Crippen molar-refractivity contribution in [3.05, 3.63) is 28.7 Å². The molecule has 1 rings (SSSR count). The molecule has 0 N–H and O–H groups in total. The van der Waals surface area contributed by atoms with Gasteiger partial charge in [0.25, 0.3) is 0 Å². The molecule has 106 valence electrons. The molecule has 0 radical (unpaired) electrons. The number of likely N-dealkylation sites (N-methyl/N-ethyl adjacent to an activating group) is 1. The summed E-state index contributed by atoms with van der Waals surface area (Å²) in [7, 11) is -3.71. The van der Waals surface area contributed by atoms with Crippen LogP contribution in [0.1, 0.15) is 13.8 Å². The fourth-order valence-electron chi connectivity index (χ4n) is 1.51. The summed E-state index contributed by atoms with van der Waals surface area (Å²) in [5.74, 6) is -0.556. The predicted molar refractivity (Wildman–Crippen MR) is 75.2 cm³/mol. The van der Waals surface area contributed by atoms with Gasteiger partial charge < -0.3 is 4.74 Å². The van der Waals surface area contributed by atoms with E-state index in [0.29, 0.717) is 4.47 Å². The summed E-state index contributed by atoms with van der Waals surface area (Å²) in [5, 5.41) is 0. The van der Waals surface area contributed by atoms with Crippen molar-refractivity contribution < 1.29 is 17.9 Å². The molecule has 0 saturated heterocycles. The van der Waals surface area contributed by atoms with Gasteiger partial charge in [-0.2, -0.15) is 4.31 Å². The second kappa shape index (κ2) is 7.02. The van der Waals surface area contributed by atoms with Crippen LogP contribution in [0, 0.1) is 0 Å². The van der Waals surface area contributed by atoms with Crippen molar-refractivity contribution in [3.8, 4) is 0 Å². The summed E-state index contributed by atoms with van der Waals surface area (Å²) >= 11 is 3.20. The molecule has 0 aromatic heterocycles. The van der Waals surface area contributed by atoms with Gasteiger partial charge >= 0.3 is 5.97 Å². The molecule has 5 nitrogen and oxygen atoms in total. The van der Waals surface area contributed by atoms with Crippen molar-refractivity contribution in [1.29, 1.82) is 0 Å². The minimum atomic E-state index is -3.71. The summed E-state index contributed by atoms with van der Waals surface area (Å²) < 4.78 is 31.2. The average Bonchev–Trinajstić information content (AvgIpc) is 2.36. The molecule has 1 aromatic carbocycles. The summed E-state index contributed by atoms with van der Waals surface area (Å²) in [6.07, 6.45) is 0. The molecule has 0 aliphatic rings. The van der Waals surface area contributed by atoms with Gasteiger partial charge in [-0.15, -0.1) is 0 Å². The first-order chi connectivity index (χ1) is 8.93. The molecule has 1 aromatic rings. The summed E-state index contributed by atoms with van der Waals surface area (Å²) in [6.45, 7) is 3.49. The second-order valence-electron chi connectivity index (χ2n) is 3.67. The summed E-state index contributed by atoms with van der Waals surface area (Å²) in [4.78, 5) is 11.6.